The molecular weight excluding hydrogens is 292 g/mol. The molecule has 0 saturated carbocycles. The van der Waals surface area contributed by atoms with E-state index in [2.05, 4.69) is 29.5 Å². The summed E-state index contributed by atoms with van der Waals surface area (Å²) in [6, 6.07) is 0. The number of aliphatic imine (C=N–C) groups is 1. The molecule has 0 spiro atoms. The highest BCUT2D eigenvalue weighted by Gasteiger charge is 2.15. The summed E-state index contributed by atoms with van der Waals surface area (Å²) < 4.78 is 5.55. The Morgan fingerprint density at radius 2 is 1.96 bits per heavy atom. The highest BCUT2D eigenvalue weighted by molar-refractivity contribution is 5.84. The van der Waals surface area contributed by atoms with E-state index in [0.717, 1.165) is 58.7 Å². The number of amides is 1. The minimum absolute atomic E-state index is 0.127. The van der Waals surface area contributed by atoms with E-state index >= 15 is 0 Å². The van der Waals surface area contributed by atoms with Crippen LogP contribution in [-0.4, -0.2) is 62.7 Å². The van der Waals surface area contributed by atoms with Gasteiger partial charge in [0, 0.05) is 39.4 Å². The SMILES string of the molecule is CCNC(=NCC(=O)N1CCCCC1)NCCCOCC(C)C. The third-order valence-corrected chi connectivity index (χ3v) is 3.63. The molecule has 23 heavy (non-hydrogen) atoms. The van der Waals surface area contributed by atoms with Gasteiger partial charge in [0.2, 0.25) is 5.91 Å². The topological polar surface area (TPSA) is 66.0 Å². The van der Waals surface area contributed by atoms with E-state index in [-0.39, 0.29) is 12.5 Å². The van der Waals surface area contributed by atoms with Crippen LogP contribution >= 0.6 is 0 Å². The van der Waals surface area contributed by atoms with Crippen LogP contribution in [0.25, 0.3) is 0 Å². The number of carbonyl (C=O) groups is 1. The van der Waals surface area contributed by atoms with Crippen molar-refractivity contribution in [1.82, 2.24) is 15.5 Å². The Kier molecular flexibility index (Phi) is 10.4. The largest absolute Gasteiger partial charge is 0.381 e. The number of likely N-dealkylation sites (tertiary alicyclic amines) is 1. The maximum atomic E-state index is 12.1. The van der Waals surface area contributed by atoms with Gasteiger partial charge in [-0.2, -0.15) is 0 Å². The highest BCUT2D eigenvalue weighted by atomic mass is 16.5. The van der Waals surface area contributed by atoms with Crippen molar-refractivity contribution in [3.8, 4) is 0 Å². The minimum Gasteiger partial charge on any atom is -0.381 e. The number of hydrogen-bond donors (Lipinski definition) is 2. The fraction of sp³-hybridized carbons (Fsp3) is 0.882. The summed E-state index contributed by atoms with van der Waals surface area (Å²) >= 11 is 0. The van der Waals surface area contributed by atoms with Crippen molar-refractivity contribution in [1.29, 1.82) is 0 Å². The first-order chi connectivity index (χ1) is 11.1. The van der Waals surface area contributed by atoms with E-state index in [1.807, 2.05) is 11.8 Å². The molecule has 0 aromatic rings. The summed E-state index contributed by atoms with van der Waals surface area (Å²) in [6.07, 6.45) is 4.39. The number of rotatable bonds is 9. The maximum absolute atomic E-state index is 12.1. The Hall–Kier alpha value is -1.30. The smallest absolute Gasteiger partial charge is 0.244 e. The van der Waals surface area contributed by atoms with Crippen LogP contribution in [0.1, 0.15) is 46.5 Å². The standard InChI is InChI=1S/C17H34N4O2/c1-4-18-17(19-9-8-12-23-14-15(2)3)20-13-16(22)21-10-6-5-7-11-21/h15H,4-14H2,1-3H3,(H2,18,19,20). The van der Waals surface area contributed by atoms with Gasteiger partial charge in [0.15, 0.2) is 5.96 Å². The summed E-state index contributed by atoms with van der Waals surface area (Å²) in [7, 11) is 0. The van der Waals surface area contributed by atoms with Gasteiger partial charge < -0.3 is 20.3 Å². The summed E-state index contributed by atoms with van der Waals surface area (Å²) in [4.78, 5) is 18.5. The van der Waals surface area contributed by atoms with E-state index in [1.165, 1.54) is 6.42 Å². The quantitative estimate of drug-likeness (QED) is 0.384. The van der Waals surface area contributed by atoms with Crippen LogP contribution in [0.5, 0.6) is 0 Å². The van der Waals surface area contributed by atoms with Gasteiger partial charge in [-0.15, -0.1) is 0 Å². The van der Waals surface area contributed by atoms with Gasteiger partial charge in [0.1, 0.15) is 6.54 Å². The second kappa shape index (κ2) is 12.2. The molecule has 6 nitrogen and oxygen atoms in total. The lowest BCUT2D eigenvalue weighted by Crippen LogP contribution is -2.40. The molecule has 1 heterocycles. The summed E-state index contributed by atoms with van der Waals surface area (Å²) in [5.41, 5.74) is 0. The molecule has 134 valence electrons. The van der Waals surface area contributed by atoms with Crippen molar-refractivity contribution >= 4 is 11.9 Å². The van der Waals surface area contributed by atoms with Crippen LogP contribution in [-0.2, 0) is 9.53 Å². The molecule has 1 amide bonds. The van der Waals surface area contributed by atoms with Crippen molar-refractivity contribution in [3.63, 3.8) is 0 Å². The molecule has 1 aliphatic rings. The van der Waals surface area contributed by atoms with Gasteiger partial charge in [-0.05, 0) is 38.5 Å². The van der Waals surface area contributed by atoms with Crippen molar-refractivity contribution in [2.45, 2.75) is 46.5 Å². The zero-order valence-electron chi connectivity index (χ0n) is 15.1. The molecule has 0 unspecified atom stereocenters. The van der Waals surface area contributed by atoms with Crippen LogP contribution in [0, 0.1) is 5.92 Å². The van der Waals surface area contributed by atoms with Gasteiger partial charge in [0.25, 0.3) is 0 Å². The van der Waals surface area contributed by atoms with E-state index in [0.29, 0.717) is 11.9 Å². The summed E-state index contributed by atoms with van der Waals surface area (Å²) in [5.74, 6) is 1.41. The molecule has 0 bridgehead atoms. The molecule has 1 fully saturated rings. The lowest BCUT2D eigenvalue weighted by atomic mass is 10.1. The van der Waals surface area contributed by atoms with Crippen molar-refractivity contribution in [2.24, 2.45) is 10.9 Å². The van der Waals surface area contributed by atoms with Crippen molar-refractivity contribution < 1.29 is 9.53 Å². The lowest BCUT2D eigenvalue weighted by Gasteiger charge is -2.26. The Morgan fingerprint density at radius 1 is 1.22 bits per heavy atom. The fourth-order valence-corrected chi connectivity index (χ4v) is 2.43. The number of ether oxygens (including phenoxy) is 1. The predicted molar refractivity (Wildman–Crippen MR) is 94.7 cm³/mol. The number of carbonyl (C=O) groups excluding carboxylic acids is 1. The van der Waals surface area contributed by atoms with Gasteiger partial charge in [-0.3, -0.25) is 4.79 Å². The number of nitrogens with zero attached hydrogens (tertiary/aromatic N) is 2. The normalized spacial score (nSPS) is 15.8. The Bertz CT molecular complexity index is 353. The van der Waals surface area contributed by atoms with Gasteiger partial charge >= 0.3 is 0 Å². The van der Waals surface area contributed by atoms with E-state index in [4.69, 9.17) is 4.74 Å². The number of nitrogens with one attached hydrogen (secondary N) is 2. The second-order valence-corrected chi connectivity index (χ2v) is 6.39. The molecule has 1 aliphatic heterocycles. The first kappa shape index (κ1) is 19.7. The lowest BCUT2D eigenvalue weighted by molar-refractivity contribution is -0.130. The molecule has 0 radical (unpaired) electrons. The third kappa shape index (κ3) is 9.43. The van der Waals surface area contributed by atoms with Crippen molar-refractivity contribution in [2.75, 3.05) is 45.9 Å². The van der Waals surface area contributed by atoms with E-state index in [9.17, 15) is 4.79 Å². The van der Waals surface area contributed by atoms with Gasteiger partial charge in [-0.25, -0.2) is 4.99 Å². The van der Waals surface area contributed by atoms with E-state index < -0.39 is 0 Å². The fourth-order valence-electron chi connectivity index (χ4n) is 2.43. The minimum atomic E-state index is 0.127. The molecule has 6 heteroatoms. The summed E-state index contributed by atoms with van der Waals surface area (Å²) in [5, 5.41) is 6.43. The highest BCUT2D eigenvalue weighted by Crippen LogP contribution is 2.08. The molecule has 0 aromatic carbocycles. The average molecular weight is 326 g/mol. The second-order valence-electron chi connectivity index (χ2n) is 6.39. The van der Waals surface area contributed by atoms with Crippen LogP contribution < -0.4 is 10.6 Å². The zero-order chi connectivity index (χ0) is 16.9. The Labute approximate surface area is 141 Å². The molecule has 1 saturated heterocycles. The number of guanidine groups is 1. The predicted octanol–water partition coefficient (Wildman–Crippen LogP) is 1.62. The molecular formula is C17H34N4O2. The third-order valence-electron chi connectivity index (χ3n) is 3.63. The van der Waals surface area contributed by atoms with Crippen LogP contribution in [0.3, 0.4) is 0 Å². The van der Waals surface area contributed by atoms with Crippen LogP contribution in [0.15, 0.2) is 4.99 Å². The molecule has 1 rings (SSSR count). The van der Waals surface area contributed by atoms with Gasteiger partial charge in [0.05, 0.1) is 0 Å². The molecule has 0 aromatic heterocycles. The average Bonchev–Trinajstić information content (AvgIpc) is 2.55. The van der Waals surface area contributed by atoms with Crippen molar-refractivity contribution in [3.05, 3.63) is 0 Å². The molecule has 0 atom stereocenters. The Morgan fingerprint density at radius 3 is 2.61 bits per heavy atom. The zero-order valence-corrected chi connectivity index (χ0v) is 15.1. The number of piperidine rings is 1. The molecule has 2 N–H and O–H groups in total. The maximum Gasteiger partial charge on any atom is 0.244 e. The van der Waals surface area contributed by atoms with Gasteiger partial charge in [-0.1, -0.05) is 13.8 Å². The monoisotopic (exact) mass is 326 g/mol. The van der Waals surface area contributed by atoms with Crippen LogP contribution in [0.4, 0.5) is 0 Å². The Balaban J connectivity index is 2.24. The molecule has 0 aliphatic carbocycles. The summed E-state index contributed by atoms with van der Waals surface area (Å²) in [6.45, 7) is 11.4. The van der Waals surface area contributed by atoms with Crippen LogP contribution in [0.2, 0.25) is 0 Å². The van der Waals surface area contributed by atoms with E-state index in [1.54, 1.807) is 0 Å². The number of hydrogen-bond acceptors (Lipinski definition) is 3. The first-order valence-corrected chi connectivity index (χ1v) is 9.01. The first-order valence-electron chi connectivity index (χ1n) is 9.01.